The van der Waals surface area contributed by atoms with Gasteiger partial charge in [0.15, 0.2) is 0 Å². The van der Waals surface area contributed by atoms with Crippen LogP contribution < -0.4 is 5.32 Å². The highest BCUT2D eigenvalue weighted by atomic mass is 79.9. The minimum Gasteiger partial charge on any atom is -0.379 e. The minimum atomic E-state index is -0.383. The normalized spacial score (nSPS) is 10.1. The van der Waals surface area contributed by atoms with Crippen LogP contribution in [0.5, 0.6) is 0 Å². The van der Waals surface area contributed by atoms with Crippen LogP contribution in [0.3, 0.4) is 0 Å². The maximum absolute atomic E-state index is 12.8. The van der Waals surface area contributed by atoms with Crippen molar-refractivity contribution in [2.45, 2.75) is 6.42 Å². The van der Waals surface area contributed by atoms with E-state index in [0.717, 1.165) is 6.42 Å². The van der Waals surface area contributed by atoms with Crippen LogP contribution in [-0.4, -0.2) is 25.7 Å². The van der Waals surface area contributed by atoms with Crippen molar-refractivity contribution in [2.24, 2.45) is 0 Å². The van der Waals surface area contributed by atoms with Crippen molar-refractivity contribution in [1.29, 1.82) is 0 Å². The fourth-order valence-electron chi connectivity index (χ4n) is 1.27. The molecule has 98 valence electrons. The van der Waals surface area contributed by atoms with E-state index in [4.69, 9.17) is 4.74 Å². The van der Waals surface area contributed by atoms with Crippen LogP contribution in [0.25, 0.3) is 0 Å². The summed E-state index contributed by atoms with van der Waals surface area (Å²) in [6.07, 6.45) is 2.56. The summed E-state index contributed by atoms with van der Waals surface area (Å²) in [6.45, 7) is 5.03. The van der Waals surface area contributed by atoms with Crippen LogP contribution >= 0.6 is 15.9 Å². The van der Waals surface area contributed by atoms with Crippen LogP contribution in [0, 0.1) is 5.82 Å². The molecule has 0 unspecified atom stereocenters. The Balaban J connectivity index is 2.34. The van der Waals surface area contributed by atoms with Gasteiger partial charge < -0.3 is 10.1 Å². The number of carbonyl (C=O) groups is 1. The average molecular weight is 316 g/mol. The van der Waals surface area contributed by atoms with Gasteiger partial charge in [0.25, 0.3) is 5.91 Å². The molecule has 0 saturated heterocycles. The van der Waals surface area contributed by atoms with E-state index in [1.165, 1.54) is 18.2 Å². The fraction of sp³-hybridized carbons (Fsp3) is 0.308. The van der Waals surface area contributed by atoms with Gasteiger partial charge in [0, 0.05) is 11.0 Å². The Morgan fingerprint density at radius 1 is 1.50 bits per heavy atom. The molecule has 3 nitrogen and oxygen atoms in total. The molecule has 1 amide bonds. The number of hydrogen-bond acceptors (Lipinski definition) is 2. The first-order chi connectivity index (χ1) is 8.65. The van der Waals surface area contributed by atoms with E-state index in [-0.39, 0.29) is 11.7 Å². The first-order valence-corrected chi connectivity index (χ1v) is 6.36. The molecule has 0 saturated carbocycles. The Bertz CT molecular complexity index is 423. The van der Waals surface area contributed by atoms with Crippen molar-refractivity contribution < 1.29 is 13.9 Å². The number of carbonyl (C=O) groups excluding carboxylic acids is 1. The molecular formula is C13H15BrFNO2. The van der Waals surface area contributed by atoms with Crippen LogP contribution in [0.4, 0.5) is 4.39 Å². The van der Waals surface area contributed by atoms with Crippen LogP contribution in [-0.2, 0) is 4.74 Å². The summed E-state index contributed by atoms with van der Waals surface area (Å²) in [5.41, 5.74) is 0.405. The number of nitrogens with one attached hydrogen (secondary N) is 1. The zero-order chi connectivity index (χ0) is 13.4. The Kier molecular flexibility index (Phi) is 6.60. The summed E-state index contributed by atoms with van der Waals surface area (Å²) in [4.78, 5) is 11.7. The summed E-state index contributed by atoms with van der Waals surface area (Å²) < 4.78 is 18.5. The van der Waals surface area contributed by atoms with E-state index >= 15 is 0 Å². The van der Waals surface area contributed by atoms with Gasteiger partial charge in [-0.2, -0.15) is 0 Å². The van der Waals surface area contributed by atoms with E-state index in [1.54, 1.807) is 6.08 Å². The lowest BCUT2D eigenvalue weighted by Gasteiger charge is -2.07. The summed E-state index contributed by atoms with van der Waals surface area (Å²) in [5.74, 6) is -0.639. The topological polar surface area (TPSA) is 38.3 Å². The lowest BCUT2D eigenvalue weighted by atomic mass is 10.2. The molecule has 0 spiro atoms. The Morgan fingerprint density at radius 2 is 2.28 bits per heavy atom. The molecule has 0 aliphatic rings. The predicted molar refractivity (Wildman–Crippen MR) is 72.1 cm³/mol. The summed E-state index contributed by atoms with van der Waals surface area (Å²) >= 11 is 3.15. The zero-order valence-corrected chi connectivity index (χ0v) is 11.5. The third-order valence-electron chi connectivity index (χ3n) is 2.17. The van der Waals surface area contributed by atoms with E-state index in [1.807, 2.05) is 0 Å². The highest BCUT2D eigenvalue weighted by Crippen LogP contribution is 2.17. The molecule has 0 heterocycles. The van der Waals surface area contributed by atoms with Gasteiger partial charge in [-0.3, -0.25) is 4.79 Å². The van der Waals surface area contributed by atoms with Crippen molar-refractivity contribution in [1.82, 2.24) is 5.32 Å². The quantitative estimate of drug-likeness (QED) is 0.620. The third-order valence-corrected chi connectivity index (χ3v) is 2.83. The molecule has 1 N–H and O–H groups in total. The van der Waals surface area contributed by atoms with Gasteiger partial charge in [-0.1, -0.05) is 6.08 Å². The van der Waals surface area contributed by atoms with Gasteiger partial charge in [-0.15, -0.1) is 6.58 Å². The van der Waals surface area contributed by atoms with Crippen molar-refractivity contribution >= 4 is 21.8 Å². The standard InChI is InChI=1S/C13H15BrFNO2/c1-2-3-7-18-8-6-16-13(17)11-5-4-10(15)9-12(11)14/h2,4-5,9H,1,3,6-8H2,(H,16,17). The van der Waals surface area contributed by atoms with Crippen LogP contribution in [0.1, 0.15) is 16.8 Å². The highest BCUT2D eigenvalue weighted by molar-refractivity contribution is 9.10. The fourth-order valence-corrected chi connectivity index (χ4v) is 1.81. The number of halogens is 2. The van der Waals surface area contributed by atoms with Crippen molar-refractivity contribution in [3.8, 4) is 0 Å². The molecule has 0 fully saturated rings. The van der Waals surface area contributed by atoms with Gasteiger partial charge in [0.1, 0.15) is 5.82 Å². The summed E-state index contributed by atoms with van der Waals surface area (Å²) in [6, 6.07) is 3.95. The number of ether oxygens (including phenoxy) is 1. The first-order valence-electron chi connectivity index (χ1n) is 5.57. The van der Waals surface area contributed by atoms with E-state index < -0.39 is 0 Å². The van der Waals surface area contributed by atoms with Crippen molar-refractivity contribution in [3.05, 3.63) is 46.7 Å². The molecule has 0 aromatic heterocycles. The molecule has 1 aromatic carbocycles. The zero-order valence-electron chi connectivity index (χ0n) is 9.92. The molecule has 0 aliphatic heterocycles. The van der Waals surface area contributed by atoms with Crippen molar-refractivity contribution in [2.75, 3.05) is 19.8 Å². The summed E-state index contributed by atoms with van der Waals surface area (Å²) in [7, 11) is 0. The molecule has 1 aromatic rings. The lowest BCUT2D eigenvalue weighted by Crippen LogP contribution is -2.27. The second kappa shape index (κ2) is 8.00. The van der Waals surface area contributed by atoms with Crippen molar-refractivity contribution in [3.63, 3.8) is 0 Å². The maximum atomic E-state index is 12.8. The minimum absolute atomic E-state index is 0.255. The van der Waals surface area contributed by atoms with E-state index in [9.17, 15) is 9.18 Å². The van der Waals surface area contributed by atoms with E-state index in [0.29, 0.717) is 29.8 Å². The Hall–Kier alpha value is -1.20. The average Bonchev–Trinajstić information content (AvgIpc) is 2.33. The van der Waals surface area contributed by atoms with Gasteiger partial charge in [0.05, 0.1) is 18.8 Å². The highest BCUT2D eigenvalue weighted by Gasteiger charge is 2.09. The second-order valence-corrected chi connectivity index (χ2v) is 4.42. The van der Waals surface area contributed by atoms with Gasteiger partial charge >= 0.3 is 0 Å². The Morgan fingerprint density at radius 3 is 2.94 bits per heavy atom. The maximum Gasteiger partial charge on any atom is 0.252 e. The Labute approximate surface area is 114 Å². The molecule has 5 heteroatoms. The SMILES string of the molecule is C=CCCOCCNC(=O)c1ccc(F)cc1Br. The largest absolute Gasteiger partial charge is 0.379 e. The molecular weight excluding hydrogens is 301 g/mol. The molecule has 0 bridgehead atoms. The monoisotopic (exact) mass is 315 g/mol. The van der Waals surface area contributed by atoms with Crippen LogP contribution in [0.15, 0.2) is 35.3 Å². The predicted octanol–water partition coefficient (Wildman–Crippen LogP) is 2.91. The van der Waals surface area contributed by atoms with Gasteiger partial charge in [0.2, 0.25) is 0 Å². The number of amides is 1. The first kappa shape index (κ1) is 14.9. The molecule has 18 heavy (non-hydrogen) atoms. The molecule has 0 atom stereocenters. The smallest absolute Gasteiger partial charge is 0.252 e. The van der Waals surface area contributed by atoms with Gasteiger partial charge in [-0.25, -0.2) is 4.39 Å². The number of rotatable bonds is 7. The molecule has 0 radical (unpaired) electrons. The van der Waals surface area contributed by atoms with Gasteiger partial charge in [-0.05, 0) is 40.5 Å². The second-order valence-electron chi connectivity index (χ2n) is 3.57. The van der Waals surface area contributed by atoms with E-state index in [2.05, 4.69) is 27.8 Å². The molecule has 0 aliphatic carbocycles. The molecule has 1 rings (SSSR count). The van der Waals surface area contributed by atoms with Crippen LogP contribution in [0.2, 0.25) is 0 Å². The lowest BCUT2D eigenvalue weighted by molar-refractivity contribution is 0.0917. The number of hydrogen-bond donors (Lipinski definition) is 1. The summed E-state index contributed by atoms with van der Waals surface area (Å²) in [5, 5.41) is 2.69. The number of benzene rings is 1. The third kappa shape index (κ3) is 4.98.